The molecule has 0 bridgehead atoms. The zero-order valence-corrected chi connectivity index (χ0v) is 10.7. The number of hydrogen-bond donors (Lipinski definition) is 5. The molecule has 0 saturated carbocycles. The number of benzene rings is 1. The lowest BCUT2D eigenvalue weighted by Gasteiger charge is -2.17. The molecule has 0 heterocycles. The van der Waals surface area contributed by atoms with E-state index in [1.807, 2.05) is 0 Å². The second-order valence-corrected chi connectivity index (χ2v) is 4.10. The SMILES string of the molecule is C[C@@H](O)[C@H](NC(=O)c1ccc(NC(N)=O)cc1)C(=O)O. The second kappa shape index (κ2) is 6.53. The summed E-state index contributed by atoms with van der Waals surface area (Å²) in [5, 5.41) is 22.6. The largest absolute Gasteiger partial charge is 0.480 e. The number of rotatable bonds is 5. The highest BCUT2D eigenvalue weighted by Crippen LogP contribution is 2.09. The normalized spacial score (nSPS) is 13.1. The van der Waals surface area contributed by atoms with E-state index in [-0.39, 0.29) is 5.56 Å². The number of aliphatic carboxylic acids is 1. The van der Waals surface area contributed by atoms with Crippen LogP contribution in [0.25, 0.3) is 0 Å². The first-order valence-electron chi connectivity index (χ1n) is 5.69. The smallest absolute Gasteiger partial charge is 0.328 e. The fourth-order valence-electron chi connectivity index (χ4n) is 1.46. The maximum atomic E-state index is 11.8. The summed E-state index contributed by atoms with van der Waals surface area (Å²) < 4.78 is 0. The summed E-state index contributed by atoms with van der Waals surface area (Å²) in [7, 11) is 0. The number of carboxylic acid groups (broad SMARTS) is 1. The van der Waals surface area contributed by atoms with Gasteiger partial charge in [-0.3, -0.25) is 4.79 Å². The molecule has 20 heavy (non-hydrogen) atoms. The Labute approximate surface area is 114 Å². The van der Waals surface area contributed by atoms with E-state index in [9.17, 15) is 19.5 Å². The van der Waals surface area contributed by atoms with Gasteiger partial charge in [-0.2, -0.15) is 0 Å². The summed E-state index contributed by atoms with van der Waals surface area (Å²) in [5.74, 6) is -1.98. The lowest BCUT2D eigenvalue weighted by Crippen LogP contribution is -2.47. The van der Waals surface area contributed by atoms with Crippen molar-refractivity contribution in [2.75, 3.05) is 5.32 Å². The average Bonchev–Trinajstić information content (AvgIpc) is 2.35. The molecule has 0 radical (unpaired) electrons. The Kier molecular flexibility index (Phi) is 5.04. The summed E-state index contributed by atoms with van der Waals surface area (Å²) in [4.78, 5) is 33.3. The summed E-state index contributed by atoms with van der Waals surface area (Å²) in [6.07, 6.45) is -1.23. The van der Waals surface area contributed by atoms with Crippen molar-refractivity contribution in [3.8, 4) is 0 Å². The molecule has 8 nitrogen and oxygen atoms in total. The zero-order valence-electron chi connectivity index (χ0n) is 10.7. The van der Waals surface area contributed by atoms with Gasteiger partial charge in [0.2, 0.25) is 0 Å². The van der Waals surface area contributed by atoms with Crippen molar-refractivity contribution in [3.63, 3.8) is 0 Å². The number of hydrogen-bond acceptors (Lipinski definition) is 4. The van der Waals surface area contributed by atoms with Gasteiger partial charge in [0.15, 0.2) is 6.04 Å². The molecule has 1 rings (SSSR count). The molecule has 0 aromatic heterocycles. The molecular formula is C12H15N3O5. The molecule has 0 saturated heterocycles. The van der Waals surface area contributed by atoms with Gasteiger partial charge in [-0.1, -0.05) is 0 Å². The molecule has 0 aliphatic carbocycles. The highest BCUT2D eigenvalue weighted by molar-refractivity contribution is 5.97. The number of carboxylic acids is 1. The van der Waals surface area contributed by atoms with Crippen LogP contribution in [-0.4, -0.2) is 40.3 Å². The van der Waals surface area contributed by atoms with Crippen molar-refractivity contribution in [1.29, 1.82) is 0 Å². The molecule has 108 valence electrons. The highest BCUT2D eigenvalue weighted by Gasteiger charge is 2.25. The average molecular weight is 281 g/mol. The van der Waals surface area contributed by atoms with E-state index in [1.54, 1.807) is 0 Å². The molecule has 3 amide bonds. The zero-order chi connectivity index (χ0) is 15.3. The van der Waals surface area contributed by atoms with Crippen LogP contribution in [0.3, 0.4) is 0 Å². The summed E-state index contributed by atoms with van der Waals surface area (Å²) >= 11 is 0. The summed E-state index contributed by atoms with van der Waals surface area (Å²) in [6, 6.07) is 3.53. The second-order valence-electron chi connectivity index (χ2n) is 4.10. The van der Waals surface area contributed by atoms with Gasteiger partial charge >= 0.3 is 12.0 Å². The van der Waals surface area contributed by atoms with Crippen molar-refractivity contribution in [1.82, 2.24) is 5.32 Å². The number of anilines is 1. The van der Waals surface area contributed by atoms with Gasteiger partial charge in [-0.05, 0) is 31.2 Å². The van der Waals surface area contributed by atoms with Crippen molar-refractivity contribution < 1.29 is 24.6 Å². The molecule has 8 heteroatoms. The lowest BCUT2D eigenvalue weighted by molar-refractivity contribution is -0.141. The van der Waals surface area contributed by atoms with Crippen LogP contribution < -0.4 is 16.4 Å². The first-order chi connectivity index (χ1) is 9.31. The molecule has 2 atom stereocenters. The van der Waals surface area contributed by atoms with Crippen LogP contribution in [0.4, 0.5) is 10.5 Å². The Morgan fingerprint density at radius 3 is 2.15 bits per heavy atom. The summed E-state index contributed by atoms with van der Waals surface area (Å²) in [5.41, 5.74) is 5.52. The van der Waals surface area contributed by atoms with E-state index < -0.39 is 30.1 Å². The molecular weight excluding hydrogens is 266 g/mol. The van der Waals surface area contributed by atoms with Crippen LogP contribution in [0.2, 0.25) is 0 Å². The van der Waals surface area contributed by atoms with Crippen molar-refractivity contribution in [3.05, 3.63) is 29.8 Å². The van der Waals surface area contributed by atoms with Gasteiger partial charge in [0.1, 0.15) is 0 Å². The van der Waals surface area contributed by atoms with Crippen LogP contribution in [0.1, 0.15) is 17.3 Å². The third kappa shape index (κ3) is 4.25. The molecule has 1 aromatic carbocycles. The topological polar surface area (TPSA) is 142 Å². The number of aliphatic hydroxyl groups is 1. The molecule has 0 spiro atoms. The molecule has 1 aromatic rings. The Morgan fingerprint density at radius 1 is 1.20 bits per heavy atom. The van der Waals surface area contributed by atoms with E-state index in [2.05, 4.69) is 10.6 Å². The van der Waals surface area contributed by atoms with Crippen LogP contribution >= 0.6 is 0 Å². The first kappa shape index (κ1) is 15.4. The quantitative estimate of drug-likeness (QED) is 0.505. The number of nitrogens with two attached hydrogens (primary N) is 1. The van der Waals surface area contributed by atoms with Crippen LogP contribution in [0.15, 0.2) is 24.3 Å². The van der Waals surface area contributed by atoms with E-state index in [4.69, 9.17) is 10.8 Å². The Morgan fingerprint density at radius 2 is 1.75 bits per heavy atom. The van der Waals surface area contributed by atoms with Gasteiger partial charge in [0.05, 0.1) is 6.10 Å². The van der Waals surface area contributed by atoms with Gasteiger partial charge in [-0.25, -0.2) is 9.59 Å². The predicted octanol–water partition coefficient (Wildman–Crippen LogP) is -0.259. The standard InChI is InChI=1S/C12H15N3O5/c1-6(16)9(11(18)19)15-10(17)7-2-4-8(5-3-7)14-12(13)20/h2-6,9,16H,1H3,(H,15,17)(H,18,19)(H3,13,14,20)/t6-,9+/m1/s1. The van der Waals surface area contributed by atoms with Crippen LogP contribution in [-0.2, 0) is 4.79 Å². The number of urea groups is 1. The third-order valence-corrected chi connectivity index (χ3v) is 2.45. The monoisotopic (exact) mass is 281 g/mol. The number of amides is 3. The highest BCUT2D eigenvalue weighted by atomic mass is 16.4. The molecule has 0 unspecified atom stereocenters. The maximum absolute atomic E-state index is 11.8. The summed E-state index contributed by atoms with van der Waals surface area (Å²) in [6.45, 7) is 1.26. The third-order valence-electron chi connectivity index (χ3n) is 2.45. The van der Waals surface area contributed by atoms with E-state index in [0.29, 0.717) is 5.69 Å². The number of carbonyl (C=O) groups is 3. The Hall–Kier alpha value is -2.61. The molecule has 6 N–H and O–H groups in total. The molecule has 0 aliphatic heterocycles. The minimum Gasteiger partial charge on any atom is -0.480 e. The molecule has 0 aliphatic rings. The minimum atomic E-state index is -1.40. The number of aliphatic hydroxyl groups excluding tert-OH is 1. The number of primary amides is 1. The number of carbonyl (C=O) groups excluding carboxylic acids is 2. The Bertz CT molecular complexity index is 512. The van der Waals surface area contributed by atoms with Crippen molar-refractivity contribution in [2.45, 2.75) is 19.1 Å². The van der Waals surface area contributed by atoms with Gasteiger partial charge < -0.3 is 26.6 Å². The minimum absolute atomic E-state index is 0.187. The van der Waals surface area contributed by atoms with Gasteiger partial charge in [-0.15, -0.1) is 0 Å². The first-order valence-corrected chi connectivity index (χ1v) is 5.69. The van der Waals surface area contributed by atoms with E-state index >= 15 is 0 Å². The van der Waals surface area contributed by atoms with Crippen molar-refractivity contribution >= 4 is 23.6 Å². The lowest BCUT2D eigenvalue weighted by atomic mass is 10.1. The van der Waals surface area contributed by atoms with Crippen LogP contribution in [0.5, 0.6) is 0 Å². The fraction of sp³-hybridized carbons (Fsp3) is 0.250. The predicted molar refractivity (Wildman–Crippen MR) is 70.2 cm³/mol. The number of nitrogens with one attached hydrogen (secondary N) is 2. The Balaban J connectivity index is 2.77. The van der Waals surface area contributed by atoms with Gasteiger partial charge in [0, 0.05) is 11.3 Å². The fourth-order valence-corrected chi connectivity index (χ4v) is 1.46. The van der Waals surface area contributed by atoms with Crippen molar-refractivity contribution in [2.24, 2.45) is 5.73 Å². The maximum Gasteiger partial charge on any atom is 0.328 e. The van der Waals surface area contributed by atoms with E-state index in [1.165, 1.54) is 31.2 Å². The van der Waals surface area contributed by atoms with E-state index in [0.717, 1.165) is 0 Å². The van der Waals surface area contributed by atoms with Crippen LogP contribution in [0, 0.1) is 0 Å². The van der Waals surface area contributed by atoms with Gasteiger partial charge in [0.25, 0.3) is 5.91 Å². The molecule has 0 fully saturated rings.